The van der Waals surface area contributed by atoms with E-state index in [2.05, 4.69) is 40.3 Å². The van der Waals surface area contributed by atoms with Crippen LogP contribution in [0.5, 0.6) is 5.75 Å². The number of alkyl halides is 3. The molecule has 1 saturated heterocycles. The van der Waals surface area contributed by atoms with E-state index in [1.165, 1.54) is 23.0 Å². The van der Waals surface area contributed by atoms with Gasteiger partial charge in [-0.3, -0.25) is 4.57 Å². The summed E-state index contributed by atoms with van der Waals surface area (Å²) in [6.45, 7) is 0. The normalized spacial score (nSPS) is 27.0. The number of aliphatic hydroxyl groups is 2. The summed E-state index contributed by atoms with van der Waals surface area (Å²) >= 11 is 5.89. The van der Waals surface area contributed by atoms with Gasteiger partial charge in [-0.1, -0.05) is 17.3 Å². The smallest absolute Gasteiger partial charge is 0.479 e. The number of aromatic amines is 1. The molecular weight excluding hydrogens is 583 g/mol. The lowest BCUT2D eigenvalue weighted by Gasteiger charge is -2.30. The molecule has 0 amide bonds. The molecule has 1 aliphatic carbocycles. The Labute approximate surface area is 229 Å². The van der Waals surface area contributed by atoms with Crippen LogP contribution in [0.3, 0.4) is 0 Å². The molecule has 4 heterocycles. The average molecular weight is 600 g/mol. The van der Waals surface area contributed by atoms with E-state index in [0.717, 1.165) is 12.1 Å². The van der Waals surface area contributed by atoms with Crippen molar-refractivity contribution in [3.63, 3.8) is 0 Å². The van der Waals surface area contributed by atoms with Crippen molar-refractivity contribution in [1.29, 1.82) is 0 Å². The number of nitrogens with zero attached hydrogens (tertiary/aromatic N) is 7. The number of nitrogen functional groups attached to an aromatic ring is 1. The highest BCUT2D eigenvalue weighted by atomic mass is 35.5. The van der Waals surface area contributed by atoms with E-state index >= 15 is 0 Å². The van der Waals surface area contributed by atoms with Gasteiger partial charge in [-0.05, 0) is 29.3 Å². The number of nitrogens with one attached hydrogen (secondary N) is 1. The molecule has 16 nitrogen and oxygen atoms in total. The van der Waals surface area contributed by atoms with E-state index in [1.54, 1.807) is 0 Å². The molecule has 6 rings (SSSR count). The number of carboxylic acid groups (broad SMARTS) is 1. The molecule has 2 fully saturated rings. The van der Waals surface area contributed by atoms with Crippen molar-refractivity contribution in [2.75, 3.05) is 5.73 Å². The van der Waals surface area contributed by atoms with Crippen molar-refractivity contribution in [3.8, 4) is 5.75 Å². The summed E-state index contributed by atoms with van der Waals surface area (Å²) in [5.41, 5.74) is 1.76. The van der Waals surface area contributed by atoms with Gasteiger partial charge in [0.05, 0.1) is 6.33 Å². The Morgan fingerprint density at radius 1 is 1.27 bits per heavy atom. The van der Waals surface area contributed by atoms with Gasteiger partial charge < -0.3 is 35.3 Å². The number of aliphatic carboxylic acids is 1. The highest BCUT2D eigenvalue weighted by molar-refractivity contribution is 6.28. The Bertz CT molecular complexity index is 1620. The van der Waals surface area contributed by atoms with Gasteiger partial charge >= 0.3 is 12.3 Å². The SMILES string of the molecule is Nc1nc(Cl)nc2c1ncn2[C@@H]1O[C@@H]2C(OC(Cc3ccc(OC(F)(F)F)cc3)(C(=O)O)c3nn[nH]n3)[C@]2(O)[C@H]1O. The third-order valence-electron chi connectivity index (χ3n) is 6.79. The van der Waals surface area contributed by atoms with Gasteiger partial charge in [0.25, 0.3) is 0 Å². The number of tetrazole rings is 1. The van der Waals surface area contributed by atoms with Crippen LogP contribution in [0.1, 0.15) is 17.6 Å². The number of imidazole rings is 1. The van der Waals surface area contributed by atoms with Gasteiger partial charge in [0.15, 0.2) is 23.3 Å². The van der Waals surface area contributed by atoms with Gasteiger partial charge in [0.2, 0.25) is 16.7 Å². The van der Waals surface area contributed by atoms with Crippen molar-refractivity contribution < 1.29 is 47.5 Å². The minimum Gasteiger partial charge on any atom is -0.479 e. The van der Waals surface area contributed by atoms with Crippen LogP contribution in [0.15, 0.2) is 30.6 Å². The Kier molecular flexibility index (Phi) is 6.05. The summed E-state index contributed by atoms with van der Waals surface area (Å²) in [4.78, 5) is 24.6. The lowest BCUT2D eigenvalue weighted by atomic mass is 9.93. The molecule has 2 aliphatic rings. The molecule has 0 bridgehead atoms. The number of carbonyl (C=O) groups is 1. The first-order valence-electron chi connectivity index (χ1n) is 11.5. The second-order valence-electron chi connectivity index (χ2n) is 9.26. The molecule has 2 unspecified atom stereocenters. The van der Waals surface area contributed by atoms with Crippen molar-refractivity contribution in [2.45, 2.75) is 48.5 Å². The lowest BCUT2D eigenvalue weighted by molar-refractivity contribution is -0.274. The first-order chi connectivity index (χ1) is 19.3. The highest BCUT2D eigenvalue weighted by Gasteiger charge is 2.79. The minimum atomic E-state index is -4.92. The fourth-order valence-corrected chi connectivity index (χ4v) is 4.98. The van der Waals surface area contributed by atoms with Gasteiger partial charge in [0, 0.05) is 6.42 Å². The van der Waals surface area contributed by atoms with Crippen LogP contribution in [0.25, 0.3) is 11.2 Å². The second kappa shape index (κ2) is 9.17. The molecule has 0 spiro atoms. The number of hydrogen-bond acceptors (Lipinski definition) is 13. The van der Waals surface area contributed by atoms with Crippen LogP contribution >= 0.6 is 11.6 Å². The number of fused-ring (bicyclic) bond motifs is 2. The van der Waals surface area contributed by atoms with E-state index in [1.807, 2.05) is 0 Å². The van der Waals surface area contributed by atoms with E-state index < -0.39 is 66.1 Å². The Balaban J connectivity index is 1.28. The van der Waals surface area contributed by atoms with Gasteiger partial charge in [-0.25, -0.2) is 9.78 Å². The maximum Gasteiger partial charge on any atom is 0.573 e. The van der Waals surface area contributed by atoms with E-state index in [0.29, 0.717) is 0 Å². The topological polar surface area (TPSA) is 230 Å². The number of H-pyrrole nitrogens is 1. The largest absolute Gasteiger partial charge is 0.573 e. The van der Waals surface area contributed by atoms with Gasteiger partial charge in [0.1, 0.15) is 29.6 Å². The predicted molar refractivity (Wildman–Crippen MR) is 125 cm³/mol. The summed E-state index contributed by atoms with van der Waals surface area (Å²) < 4.78 is 54.4. The Morgan fingerprint density at radius 3 is 2.59 bits per heavy atom. The zero-order valence-electron chi connectivity index (χ0n) is 20.1. The predicted octanol–water partition coefficient (Wildman–Crippen LogP) is 0.0846. The number of hydrogen-bond donors (Lipinski definition) is 5. The summed E-state index contributed by atoms with van der Waals surface area (Å²) in [7, 11) is 0. The third-order valence-corrected chi connectivity index (χ3v) is 6.96. The number of rotatable bonds is 8. The maximum atomic E-state index is 12.7. The monoisotopic (exact) mass is 599 g/mol. The second-order valence-corrected chi connectivity index (χ2v) is 9.59. The number of aromatic nitrogens is 8. The van der Waals surface area contributed by atoms with Crippen LogP contribution in [-0.2, 0) is 26.3 Å². The molecule has 1 aliphatic heterocycles. The molecule has 6 N–H and O–H groups in total. The maximum absolute atomic E-state index is 12.7. The van der Waals surface area contributed by atoms with E-state index in [4.69, 9.17) is 26.8 Å². The van der Waals surface area contributed by atoms with Crippen LogP contribution in [0.4, 0.5) is 19.0 Å². The number of benzene rings is 1. The lowest BCUT2D eigenvalue weighted by Crippen LogP contribution is -2.46. The average Bonchev–Trinajstić information content (AvgIpc) is 3.39. The quantitative estimate of drug-likeness (QED) is 0.169. The molecule has 3 aromatic heterocycles. The van der Waals surface area contributed by atoms with Gasteiger partial charge in [-0.2, -0.15) is 15.2 Å². The summed E-state index contributed by atoms with van der Waals surface area (Å²) in [6.07, 6.45) is -9.76. The van der Waals surface area contributed by atoms with Crippen LogP contribution in [-0.4, -0.2) is 91.7 Å². The van der Waals surface area contributed by atoms with E-state index in [9.17, 15) is 33.3 Å². The molecular formula is C21H17ClF3N9O7. The fourth-order valence-electron chi connectivity index (χ4n) is 4.81. The number of halogens is 4. The number of carboxylic acids is 1. The van der Waals surface area contributed by atoms with Crippen LogP contribution in [0.2, 0.25) is 5.28 Å². The molecule has 41 heavy (non-hydrogen) atoms. The zero-order chi connectivity index (χ0) is 29.3. The highest BCUT2D eigenvalue weighted by Crippen LogP contribution is 2.57. The first-order valence-corrected chi connectivity index (χ1v) is 11.9. The van der Waals surface area contributed by atoms with Crippen LogP contribution < -0.4 is 10.5 Å². The molecule has 216 valence electrons. The van der Waals surface area contributed by atoms with Crippen molar-refractivity contribution >= 4 is 34.6 Å². The van der Waals surface area contributed by atoms with Gasteiger partial charge in [-0.15, -0.1) is 23.4 Å². The molecule has 0 radical (unpaired) electrons. The Morgan fingerprint density at radius 2 is 2.00 bits per heavy atom. The summed E-state index contributed by atoms with van der Waals surface area (Å²) in [6, 6.07) is 4.35. The zero-order valence-corrected chi connectivity index (χ0v) is 20.9. The van der Waals surface area contributed by atoms with E-state index in [-0.39, 0.29) is 27.8 Å². The van der Waals surface area contributed by atoms with Crippen molar-refractivity contribution in [1.82, 2.24) is 40.1 Å². The Hall–Kier alpha value is -4.17. The molecule has 6 atom stereocenters. The molecule has 4 aromatic rings. The molecule has 20 heteroatoms. The summed E-state index contributed by atoms with van der Waals surface area (Å²) in [5.74, 6) is -2.63. The first kappa shape index (κ1) is 27.0. The molecule has 1 saturated carbocycles. The molecule has 1 aromatic carbocycles. The van der Waals surface area contributed by atoms with Crippen LogP contribution in [0, 0.1) is 0 Å². The minimum absolute atomic E-state index is 0.0272. The summed E-state index contributed by atoms with van der Waals surface area (Å²) in [5, 5.41) is 45.4. The van der Waals surface area contributed by atoms with Crippen molar-refractivity contribution in [2.24, 2.45) is 0 Å². The third kappa shape index (κ3) is 4.37. The fraction of sp³-hybridized carbons (Fsp3) is 0.381. The van der Waals surface area contributed by atoms with Crippen molar-refractivity contribution in [3.05, 3.63) is 47.3 Å². The number of anilines is 1. The number of aliphatic hydroxyl groups excluding tert-OH is 1. The number of ether oxygens (including phenoxy) is 3. The number of nitrogens with two attached hydrogens (primary N) is 1. The standard InChI is InChI=1S/C21H17ClF3N9O7/c22-18-28-13(26)9-14(29-18)34(6-27-9)15-10(35)20(38)11(39-15)12(20)41-19(17(36)37,16-30-32-33-31-16)5-7-1-3-8(4-2-7)40-21(23,24)25/h1-4,6,10-12,15,35,38H,5H2,(H,36,37)(H2,26,28,29)(H,30,31,32,33)/t10-,11+,12?,15+,19?,20-/m0/s1.